The minimum Gasteiger partial charge on any atom is -0.497 e. The maximum absolute atomic E-state index is 11.9. The Kier molecular flexibility index (Phi) is 5.98. The topological polar surface area (TPSA) is 70.8 Å². The fraction of sp³-hybridized carbons (Fsp3) is 0.200. The number of hydrogen-bond donors (Lipinski definition) is 0. The number of esters is 1. The number of rotatable bonds is 7. The Morgan fingerprint density at radius 3 is 2.63 bits per heavy atom. The lowest BCUT2D eigenvalue weighted by molar-refractivity contribution is -0.147. The third-order valence-corrected chi connectivity index (χ3v) is 4.04. The van der Waals surface area contributed by atoms with Gasteiger partial charge in [0.1, 0.15) is 17.2 Å². The van der Waals surface area contributed by atoms with Gasteiger partial charge in [0.2, 0.25) is 0 Å². The highest BCUT2D eigenvalue weighted by Crippen LogP contribution is 2.23. The second kappa shape index (κ2) is 8.60. The normalized spacial score (nSPS) is 10.5. The molecule has 0 atom stereocenters. The van der Waals surface area contributed by atoms with E-state index in [1.807, 2.05) is 31.2 Å². The van der Waals surface area contributed by atoms with E-state index in [-0.39, 0.29) is 13.2 Å². The molecule has 0 aliphatic carbocycles. The maximum Gasteiger partial charge on any atom is 0.344 e. The fourth-order valence-electron chi connectivity index (χ4n) is 2.38. The Morgan fingerprint density at radius 2 is 1.93 bits per heavy atom. The molecule has 0 saturated heterocycles. The minimum atomic E-state index is -0.508. The van der Waals surface area contributed by atoms with Crippen LogP contribution in [0, 0.1) is 6.92 Å². The van der Waals surface area contributed by atoms with E-state index in [0.29, 0.717) is 22.2 Å². The third-order valence-electron chi connectivity index (χ3n) is 3.80. The molecule has 3 rings (SSSR count). The molecule has 0 N–H and O–H groups in total. The van der Waals surface area contributed by atoms with Gasteiger partial charge in [0.15, 0.2) is 19.0 Å². The van der Waals surface area contributed by atoms with Gasteiger partial charge in [-0.3, -0.25) is 0 Å². The van der Waals surface area contributed by atoms with Gasteiger partial charge in [0, 0.05) is 16.7 Å². The summed E-state index contributed by atoms with van der Waals surface area (Å²) in [5, 5.41) is 4.59. The number of hydrogen-bond acceptors (Lipinski definition) is 6. The highest BCUT2D eigenvalue weighted by Gasteiger charge is 2.11. The van der Waals surface area contributed by atoms with Crippen LogP contribution >= 0.6 is 11.6 Å². The van der Waals surface area contributed by atoms with Crippen LogP contribution in [0.1, 0.15) is 11.3 Å². The van der Waals surface area contributed by atoms with Gasteiger partial charge in [0.25, 0.3) is 0 Å². The molecular weight excluding hydrogens is 370 g/mol. The molecule has 0 saturated carbocycles. The molecule has 0 amide bonds. The van der Waals surface area contributed by atoms with Crippen LogP contribution in [0.4, 0.5) is 0 Å². The summed E-state index contributed by atoms with van der Waals surface area (Å²) in [5.74, 6) is 1.27. The molecule has 7 heteroatoms. The van der Waals surface area contributed by atoms with Gasteiger partial charge in [0.05, 0.1) is 7.11 Å². The van der Waals surface area contributed by atoms with E-state index in [1.54, 1.807) is 31.4 Å². The first-order chi connectivity index (χ1) is 13.0. The molecule has 2 aromatic carbocycles. The van der Waals surface area contributed by atoms with Gasteiger partial charge >= 0.3 is 5.97 Å². The number of carbonyl (C=O) groups excluding carboxylic acids is 1. The first-order valence-electron chi connectivity index (χ1n) is 8.20. The molecule has 0 spiro atoms. The van der Waals surface area contributed by atoms with Crippen LogP contribution in [0.3, 0.4) is 0 Å². The molecule has 0 radical (unpaired) electrons. The SMILES string of the molecule is COc1ccc(-c2cc(COC(=O)COc3ccc(Cl)cc3C)on2)cc1. The number of aryl methyl sites for hydroxylation is 1. The van der Waals surface area contributed by atoms with Crippen LogP contribution in [0.15, 0.2) is 53.1 Å². The van der Waals surface area contributed by atoms with Gasteiger partial charge in [-0.15, -0.1) is 0 Å². The predicted octanol–water partition coefficient (Wildman–Crippen LogP) is 4.43. The van der Waals surface area contributed by atoms with Gasteiger partial charge in [-0.05, 0) is 55.0 Å². The van der Waals surface area contributed by atoms with E-state index in [0.717, 1.165) is 16.9 Å². The Morgan fingerprint density at radius 1 is 1.15 bits per heavy atom. The maximum atomic E-state index is 11.9. The molecule has 0 aliphatic heterocycles. The number of halogens is 1. The first-order valence-corrected chi connectivity index (χ1v) is 8.57. The van der Waals surface area contributed by atoms with Crippen molar-refractivity contribution in [1.82, 2.24) is 5.16 Å². The van der Waals surface area contributed by atoms with Gasteiger partial charge in [-0.1, -0.05) is 16.8 Å². The Labute approximate surface area is 161 Å². The van der Waals surface area contributed by atoms with Crippen LogP contribution in [-0.2, 0) is 16.1 Å². The lowest BCUT2D eigenvalue weighted by Gasteiger charge is -2.08. The molecule has 27 heavy (non-hydrogen) atoms. The van der Waals surface area contributed by atoms with E-state index in [9.17, 15) is 4.79 Å². The summed E-state index contributed by atoms with van der Waals surface area (Å²) in [4.78, 5) is 11.9. The molecule has 0 bridgehead atoms. The number of carbonyl (C=O) groups is 1. The van der Waals surface area contributed by atoms with Crippen molar-refractivity contribution in [2.45, 2.75) is 13.5 Å². The molecule has 0 unspecified atom stereocenters. The zero-order chi connectivity index (χ0) is 19.2. The summed E-state index contributed by atoms with van der Waals surface area (Å²) < 4.78 is 20.9. The fourth-order valence-corrected chi connectivity index (χ4v) is 2.61. The van der Waals surface area contributed by atoms with E-state index in [2.05, 4.69) is 5.16 Å². The lowest BCUT2D eigenvalue weighted by atomic mass is 10.1. The van der Waals surface area contributed by atoms with Crippen molar-refractivity contribution in [3.05, 3.63) is 64.9 Å². The number of nitrogens with zero attached hydrogens (tertiary/aromatic N) is 1. The molecular formula is C20H18ClNO5. The van der Waals surface area contributed by atoms with E-state index in [1.165, 1.54) is 0 Å². The smallest absolute Gasteiger partial charge is 0.344 e. The Bertz CT molecular complexity index is 920. The monoisotopic (exact) mass is 387 g/mol. The van der Waals surface area contributed by atoms with Crippen molar-refractivity contribution in [2.24, 2.45) is 0 Å². The molecule has 0 fully saturated rings. The van der Waals surface area contributed by atoms with Crippen molar-refractivity contribution in [1.29, 1.82) is 0 Å². The summed E-state index contributed by atoms with van der Waals surface area (Å²) in [5.41, 5.74) is 2.37. The molecule has 6 nitrogen and oxygen atoms in total. The van der Waals surface area contributed by atoms with Crippen LogP contribution < -0.4 is 9.47 Å². The van der Waals surface area contributed by atoms with Gasteiger partial charge in [-0.2, -0.15) is 0 Å². The van der Waals surface area contributed by atoms with Crippen molar-refractivity contribution >= 4 is 17.6 Å². The number of ether oxygens (including phenoxy) is 3. The van der Waals surface area contributed by atoms with Gasteiger partial charge < -0.3 is 18.7 Å². The molecule has 1 heterocycles. The summed E-state index contributed by atoms with van der Waals surface area (Å²) in [6.07, 6.45) is 0. The number of aromatic nitrogens is 1. The highest BCUT2D eigenvalue weighted by atomic mass is 35.5. The molecule has 3 aromatic rings. The van der Waals surface area contributed by atoms with E-state index in [4.69, 9.17) is 30.3 Å². The van der Waals surface area contributed by atoms with Crippen molar-refractivity contribution in [3.8, 4) is 22.8 Å². The van der Waals surface area contributed by atoms with E-state index >= 15 is 0 Å². The standard InChI is InChI=1S/C20H18ClNO5/c1-13-9-15(21)5-8-19(13)25-12-20(23)26-11-17-10-18(22-27-17)14-3-6-16(24-2)7-4-14/h3-10H,11-12H2,1-2H3. The summed E-state index contributed by atoms with van der Waals surface area (Å²) in [7, 11) is 1.61. The van der Waals surface area contributed by atoms with Crippen LogP contribution in [0.25, 0.3) is 11.3 Å². The Balaban J connectivity index is 1.51. The molecule has 140 valence electrons. The zero-order valence-corrected chi connectivity index (χ0v) is 15.7. The van der Waals surface area contributed by atoms with Crippen molar-refractivity contribution in [3.63, 3.8) is 0 Å². The van der Waals surface area contributed by atoms with Crippen molar-refractivity contribution < 1.29 is 23.5 Å². The van der Waals surface area contributed by atoms with Crippen LogP contribution in [0.5, 0.6) is 11.5 Å². The lowest BCUT2D eigenvalue weighted by Crippen LogP contribution is -2.15. The number of benzene rings is 2. The first kappa shape index (κ1) is 18.8. The van der Waals surface area contributed by atoms with Gasteiger partial charge in [-0.25, -0.2) is 4.79 Å². The zero-order valence-electron chi connectivity index (χ0n) is 14.9. The average molecular weight is 388 g/mol. The van der Waals surface area contributed by atoms with Crippen LogP contribution in [-0.4, -0.2) is 24.8 Å². The second-order valence-corrected chi connectivity index (χ2v) is 6.20. The number of methoxy groups -OCH3 is 1. The van der Waals surface area contributed by atoms with Crippen LogP contribution in [0.2, 0.25) is 5.02 Å². The summed E-state index contributed by atoms with van der Waals surface area (Å²) >= 11 is 5.89. The van der Waals surface area contributed by atoms with E-state index < -0.39 is 5.97 Å². The second-order valence-electron chi connectivity index (χ2n) is 5.77. The predicted molar refractivity (Wildman–Crippen MR) is 100.0 cm³/mol. The highest BCUT2D eigenvalue weighted by molar-refractivity contribution is 6.30. The Hall–Kier alpha value is -2.99. The minimum absolute atomic E-state index is 0.0229. The third kappa shape index (κ3) is 5.01. The van der Waals surface area contributed by atoms with Crippen molar-refractivity contribution in [2.75, 3.05) is 13.7 Å². The summed E-state index contributed by atoms with van der Waals surface area (Å²) in [6.45, 7) is 1.62. The quantitative estimate of drug-likeness (QED) is 0.558. The average Bonchev–Trinajstić information content (AvgIpc) is 3.15. The molecule has 0 aliphatic rings. The molecule has 1 aromatic heterocycles. The largest absolute Gasteiger partial charge is 0.497 e. The summed E-state index contributed by atoms with van der Waals surface area (Å²) in [6, 6.07) is 14.3.